The number of halogens is 1. The Morgan fingerprint density at radius 1 is 1.25 bits per heavy atom. The van der Waals surface area contributed by atoms with Gasteiger partial charge in [-0.05, 0) is 48.8 Å². The van der Waals surface area contributed by atoms with Crippen LogP contribution in [-0.2, 0) is 5.75 Å². The second kappa shape index (κ2) is 7.09. The second-order valence-electron chi connectivity index (χ2n) is 4.52. The van der Waals surface area contributed by atoms with Crippen LogP contribution in [0.25, 0.3) is 0 Å². The van der Waals surface area contributed by atoms with E-state index >= 15 is 0 Å². The van der Waals surface area contributed by atoms with Crippen molar-refractivity contribution in [2.45, 2.75) is 31.4 Å². The normalized spacial score (nSPS) is 10.6. The van der Waals surface area contributed by atoms with E-state index in [0.29, 0.717) is 0 Å². The topological polar surface area (TPSA) is 37.8 Å². The number of hydrogen-bond acceptors (Lipinski definition) is 4. The minimum Gasteiger partial charge on any atom is -0.369 e. The third kappa shape index (κ3) is 3.96. The van der Waals surface area contributed by atoms with Crippen molar-refractivity contribution in [2.75, 3.05) is 11.9 Å². The summed E-state index contributed by atoms with van der Waals surface area (Å²) in [6.07, 6.45) is 0. The molecule has 0 fully saturated rings. The predicted molar refractivity (Wildman–Crippen MR) is 89.4 cm³/mol. The van der Waals surface area contributed by atoms with E-state index in [-0.39, 0.29) is 0 Å². The molecule has 0 aliphatic carbocycles. The Morgan fingerprint density at radius 2 is 2.05 bits per heavy atom. The van der Waals surface area contributed by atoms with Gasteiger partial charge >= 0.3 is 0 Å². The first-order valence-corrected chi connectivity index (χ1v) is 8.34. The molecular formula is C15H18BrN3S. The molecule has 0 saturated heterocycles. The van der Waals surface area contributed by atoms with Gasteiger partial charge < -0.3 is 5.32 Å². The smallest absolute Gasteiger partial charge is 0.144 e. The van der Waals surface area contributed by atoms with Gasteiger partial charge in [-0.15, -0.1) is 11.8 Å². The quantitative estimate of drug-likeness (QED) is 0.800. The summed E-state index contributed by atoms with van der Waals surface area (Å²) in [4.78, 5) is 10.4. The van der Waals surface area contributed by atoms with Crippen LogP contribution in [0.5, 0.6) is 0 Å². The van der Waals surface area contributed by atoms with Crippen LogP contribution < -0.4 is 5.32 Å². The van der Waals surface area contributed by atoms with Gasteiger partial charge in [-0.3, -0.25) is 0 Å². The van der Waals surface area contributed by atoms with Gasteiger partial charge in [0, 0.05) is 11.4 Å². The molecule has 1 aromatic heterocycles. The summed E-state index contributed by atoms with van der Waals surface area (Å²) in [5.41, 5.74) is 2.24. The van der Waals surface area contributed by atoms with E-state index in [9.17, 15) is 0 Å². The molecule has 5 heteroatoms. The van der Waals surface area contributed by atoms with E-state index in [1.807, 2.05) is 6.92 Å². The summed E-state index contributed by atoms with van der Waals surface area (Å²) in [6, 6.07) is 8.49. The van der Waals surface area contributed by atoms with Crippen LogP contribution in [0.15, 0.2) is 33.6 Å². The highest BCUT2D eigenvalue weighted by molar-refractivity contribution is 9.10. The highest BCUT2D eigenvalue weighted by Gasteiger charge is 2.09. The Kier molecular flexibility index (Phi) is 5.43. The molecule has 0 amide bonds. The van der Waals surface area contributed by atoms with Gasteiger partial charge in [0.2, 0.25) is 0 Å². The molecule has 0 radical (unpaired) electrons. The molecule has 1 N–H and O–H groups in total. The molecule has 2 aromatic rings. The lowest BCUT2D eigenvalue weighted by Crippen LogP contribution is -2.05. The first-order chi connectivity index (χ1) is 9.60. The maximum absolute atomic E-state index is 4.57. The molecule has 0 bridgehead atoms. The van der Waals surface area contributed by atoms with Gasteiger partial charge in [-0.1, -0.05) is 17.7 Å². The standard InChI is InChI=1S/C15H18BrN3S/c1-4-17-15-14(16)11(3)18-13(19-15)9-20-12-7-5-6-10(2)8-12/h5-8H,4,9H2,1-3H3,(H,17,18,19). The first-order valence-electron chi connectivity index (χ1n) is 6.56. The largest absolute Gasteiger partial charge is 0.369 e. The van der Waals surface area contributed by atoms with Gasteiger partial charge in [0.15, 0.2) is 0 Å². The van der Waals surface area contributed by atoms with E-state index < -0.39 is 0 Å². The monoisotopic (exact) mass is 351 g/mol. The van der Waals surface area contributed by atoms with E-state index in [4.69, 9.17) is 0 Å². The zero-order valence-corrected chi connectivity index (χ0v) is 14.3. The average molecular weight is 352 g/mol. The first kappa shape index (κ1) is 15.3. The van der Waals surface area contributed by atoms with E-state index in [1.165, 1.54) is 10.5 Å². The summed E-state index contributed by atoms with van der Waals surface area (Å²) in [7, 11) is 0. The van der Waals surface area contributed by atoms with Gasteiger partial charge in [0.05, 0.1) is 15.9 Å². The summed E-state index contributed by atoms with van der Waals surface area (Å²) in [5.74, 6) is 2.50. The van der Waals surface area contributed by atoms with Gasteiger partial charge in [0.1, 0.15) is 11.6 Å². The molecule has 0 aliphatic rings. The zero-order chi connectivity index (χ0) is 14.5. The number of benzene rings is 1. The Morgan fingerprint density at radius 3 is 2.75 bits per heavy atom. The number of hydrogen-bond donors (Lipinski definition) is 1. The lowest BCUT2D eigenvalue weighted by molar-refractivity contribution is 0.975. The number of rotatable bonds is 5. The number of thioether (sulfide) groups is 1. The van der Waals surface area contributed by atoms with Crippen molar-refractivity contribution in [1.82, 2.24) is 9.97 Å². The lowest BCUT2D eigenvalue weighted by atomic mass is 10.2. The van der Waals surface area contributed by atoms with Crippen LogP contribution in [0.3, 0.4) is 0 Å². The summed E-state index contributed by atoms with van der Waals surface area (Å²) < 4.78 is 0.948. The van der Waals surface area contributed by atoms with Crippen LogP contribution in [0.4, 0.5) is 5.82 Å². The molecule has 0 aliphatic heterocycles. The minimum absolute atomic E-state index is 0.774. The van der Waals surface area contributed by atoms with Crippen molar-refractivity contribution in [3.63, 3.8) is 0 Å². The molecule has 0 spiro atoms. The Balaban J connectivity index is 2.13. The molecule has 3 nitrogen and oxygen atoms in total. The zero-order valence-electron chi connectivity index (χ0n) is 11.9. The highest BCUT2D eigenvalue weighted by atomic mass is 79.9. The van der Waals surface area contributed by atoms with Crippen LogP contribution in [0.1, 0.15) is 24.0 Å². The van der Waals surface area contributed by atoms with Crippen molar-refractivity contribution in [3.8, 4) is 0 Å². The SMILES string of the molecule is CCNc1nc(CSc2cccc(C)c2)nc(C)c1Br. The molecular weight excluding hydrogens is 334 g/mol. The summed E-state index contributed by atoms with van der Waals surface area (Å²) in [5, 5.41) is 3.26. The summed E-state index contributed by atoms with van der Waals surface area (Å²) in [6.45, 7) is 7.01. The molecule has 0 unspecified atom stereocenters. The van der Waals surface area contributed by atoms with Crippen molar-refractivity contribution < 1.29 is 0 Å². The average Bonchev–Trinajstić information content (AvgIpc) is 2.42. The van der Waals surface area contributed by atoms with Crippen LogP contribution >= 0.6 is 27.7 Å². The molecule has 1 heterocycles. The van der Waals surface area contributed by atoms with E-state index in [2.05, 4.69) is 69.3 Å². The number of nitrogens with one attached hydrogen (secondary N) is 1. The highest BCUT2D eigenvalue weighted by Crippen LogP contribution is 2.26. The Hall–Kier alpha value is -1.07. The summed E-state index contributed by atoms with van der Waals surface area (Å²) >= 11 is 5.29. The van der Waals surface area contributed by atoms with Crippen LogP contribution in [0.2, 0.25) is 0 Å². The van der Waals surface area contributed by atoms with Gasteiger partial charge in [0.25, 0.3) is 0 Å². The third-order valence-electron chi connectivity index (χ3n) is 2.76. The number of aryl methyl sites for hydroxylation is 2. The number of anilines is 1. The van der Waals surface area contributed by atoms with E-state index in [1.54, 1.807) is 11.8 Å². The fraction of sp³-hybridized carbons (Fsp3) is 0.333. The number of nitrogens with zero attached hydrogens (tertiary/aromatic N) is 2. The lowest BCUT2D eigenvalue weighted by Gasteiger charge is -2.10. The van der Waals surface area contributed by atoms with Crippen LogP contribution in [0, 0.1) is 13.8 Å². The molecule has 2 rings (SSSR count). The molecule has 20 heavy (non-hydrogen) atoms. The molecule has 0 atom stereocenters. The van der Waals surface area contributed by atoms with Crippen molar-refractivity contribution in [2.24, 2.45) is 0 Å². The van der Waals surface area contributed by atoms with Crippen molar-refractivity contribution in [3.05, 3.63) is 45.8 Å². The molecule has 106 valence electrons. The predicted octanol–water partition coefficient (Wildman–Crippen LogP) is 4.58. The van der Waals surface area contributed by atoms with Crippen molar-refractivity contribution in [1.29, 1.82) is 0 Å². The minimum atomic E-state index is 0.774. The Bertz CT molecular complexity index is 602. The van der Waals surface area contributed by atoms with E-state index in [0.717, 1.165) is 34.1 Å². The fourth-order valence-corrected chi connectivity index (χ4v) is 3.01. The maximum atomic E-state index is 4.57. The third-order valence-corrected chi connectivity index (χ3v) is 4.70. The van der Waals surface area contributed by atoms with Crippen LogP contribution in [-0.4, -0.2) is 16.5 Å². The Labute approximate surface area is 132 Å². The second-order valence-corrected chi connectivity index (χ2v) is 6.37. The molecule has 0 saturated carbocycles. The fourth-order valence-electron chi connectivity index (χ4n) is 1.82. The maximum Gasteiger partial charge on any atom is 0.144 e. The van der Waals surface area contributed by atoms with Crippen molar-refractivity contribution >= 4 is 33.5 Å². The number of aromatic nitrogens is 2. The van der Waals surface area contributed by atoms with Gasteiger partial charge in [-0.25, -0.2) is 9.97 Å². The molecule has 1 aromatic carbocycles. The van der Waals surface area contributed by atoms with Gasteiger partial charge in [-0.2, -0.15) is 0 Å².